The molecule has 33 heavy (non-hydrogen) atoms. The highest BCUT2D eigenvalue weighted by molar-refractivity contribution is 5.89. The van der Waals surface area contributed by atoms with E-state index in [4.69, 9.17) is 4.52 Å². The molecule has 0 saturated carbocycles. The van der Waals surface area contributed by atoms with Crippen LogP contribution in [0.5, 0.6) is 0 Å². The van der Waals surface area contributed by atoms with Crippen molar-refractivity contribution < 1.29 is 9.32 Å². The maximum atomic E-state index is 12.5. The highest BCUT2D eigenvalue weighted by Gasteiger charge is 2.19. The molecule has 0 radical (unpaired) electrons. The molecule has 0 bridgehead atoms. The van der Waals surface area contributed by atoms with E-state index in [1.165, 1.54) is 11.1 Å². The van der Waals surface area contributed by atoms with Crippen molar-refractivity contribution in [2.24, 2.45) is 0 Å². The monoisotopic (exact) mass is 442 g/mol. The molecular weight excluding hydrogens is 416 g/mol. The first kappa shape index (κ1) is 21.1. The van der Waals surface area contributed by atoms with Gasteiger partial charge in [0.25, 0.3) is 0 Å². The zero-order valence-electron chi connectivity index (χ0n) is 18.6. The Morgan fingerprint density at radius 1 is 1.09 bits per heavy atom. The van der Waals surface area contributed by atoms with Crippen molar-refractivity contribution in [3.8, 4) is 17.1 Å². The number of aryl methyl sites for hydroxylation is 1. The predicted molar refractivity (Wildman–Crippen MR) is 124 cm³/mol. The van der Waals surface area contributed by atoms with Crippen molar-refractivity contribution in [2.75, 3.05) is 19.6 Å². The number of carbonyl (C=O) groups excluding carboxylic acids is 1. The van der Waals surface area contributed by atoms with E-state index in [0.29, 0.717) is 12.4 Å². The van der Waals surface area contributed by atoms with Crippen LogP contribution in [0.3, 0.4) is 0 Å². The van der Waals surface area contributed by atoms with Gasteiger partial charge in [-0.25, -0.2) is 4.68 Å². The van der Waals surface area contributed by atoms with Crippen LogP contribution >= 0.6 is 0 Å². The number of benzene rings is 2. The third kappa shape index (κ3) is 4.70. The van der Waals surface area contributed by atoms with Crippen LogP contribution in [0.1, 0.15) is 33.9 Å². The lowest BCUT2D eigenvalue weighted by atomic mass is 10.00. The third-order valence-electron chi connectivity index (χ3n) is 5.93. The van der Waals surface area contributed by atoms with Gasteiger partial charge in [0, 0.05) is 32.4 Å². The van der Waals surface area contributed by atoms with Crippen LogP contribution in [0.2, 0.25) is 0 Å². The number of carbonyl (C=O) groups is 1. The minimum atomic E-state index is -0.356. The predicted octanol–water partition coefficient (Wildman–Crippen LogP) is 3.41. The Kier molecular flexibility index (Phi) is 5.99. The second-order valence-electron chi connectivity index (χ2n) is 8.24. The molecule has 2 aromatic carbocycles. The Hall–Kier alpha value is -3.78. The van der Waals surface area contributed by atoms with Crippen LogP contribution < -0.4 is 5.32 Å². The highest BCUT2D eigenvalue weighted by Crippen LogP contribution is 2.21. The van der Waals surface area contributed by atoms with E-state index >= 15 is 0 Å². The van der Waals surface area contributed by atoms with E-state index in [9.17, 15) is 4.79 Å². The zero-order valence-corrected chi connectivity index (χ0v) is 18.6. The van der Waals surface area contributed by atoms with Crippen molar-refractivity contribution in [1.82, 2.24) is 30.1 Å². The van der Waals surface area contributed by atoms with Crippen LogP contribution in [0.15, 0.2) is 65.3 Å². The van der Waals surface area contributed by atoms with Crippen molar-refractivity contribution in [3.63, 3.8) is 0 Å². The van der Waals surface area contributed by atoms with Gasteiger partial charge in [0.1, 0.15) is 0 Å². The van der Waals surface area contributed by atoms with Crippen LogP contribution in [0, 0.1) is 6.92 Å². The second kappa shape index (κ2) is 9.38. The van der Waals surface area contributed by atoms with Crippen LogP contribution in [0.25, 0.3) is 17.1 Å². The molecule has 0 spiro atoms. The lowest BCUT2D eigenvalue weighted by Crippen LogP contribution is -2.33. The third-order valence-corrected chi connectivity index (χ3v) is 5.93. The van der Waals surface area contributed by atoms with E-state index in [1.807, 2.05) is 43.5 Å². The summed E-state index contributed by atoms with van der Waals surface area (Å²) < 4.78 is 6.98. The van der Waals surface area contributed by atoms with Crippen LogP contribution in [-0.4, -0.2) is 50.4 Å². The van der Waals surface area contributed by atoms with Crippen LogP contribution in [-0.2, 0) is 13.0 Å². The molecule has 5 rings (SSSR count). The van der Waals surface area contributed by atoms with E-state index in [-0.39, 0.29) is 11.8 Å². The molecule has 0 saturated heterocycles. The summed E-state index contributed by atoms with van der Waals surface area (Å²) in [4.78, 5) is 19.2. The van der Waals surface area contributed by atoms with Gasteiger partial charge in [-0.1, -0.05) is 47.6 Å². The fourth-order valence-corrected chi connectivity index (χ4v) is 4.14. The first-order valence-electron chi connectivity index (χ1n) is 11.2. The number of aromatic nitrogens is 4. The maximum Gasteiger partial charge on any atom is 0.316 e. The molecule has 1 amide bonds. The van der Waals surface area contributed by atoms with E-state index < -0.39 is 0 Å². The first-order valence-corrected chi connectivity index (χ1v) is 11.2. The molecule has 1 aliphatic heterocycles. The molecule has 4 aromatic rings. The smallest absolute Gasteiger partial charge is 0.316 e. The van der Waals surface area contributed by atoms with Gasteiger partial charge < -0.3 is 9.84 Å². The number of rotatable bonds is 7. The lowest BCUT2D eigenvalue weighted by molar-refractivity contribution is 0.0907. The summed E-state index contributed by atoms with van der Waals surface area (Å²) in [7, 11) is 0. The van der Waals surface area contributed by atoms with Crippen molar-refractivity contribution in [1.29, 1.82) is 0 Å². The summed E-state index contributed by atoms with van der Waals surface area (Å²) in [6.45, 7) is 5.38. The summed E-state index contributed by atoms with van der Waals surface area (Å²) in [5.74, 6) is -0.0404. The number of para-hydroxylation sites is 1. The SMILES string of the molecule is Cc1nn(-c2ccccc2)cc1-c1noc(C(=O)NCCCN2CCc3ccccc3C2)n1. The summed E-state index contributed by atoms with van der Waals surface area (Å²) in [5.41, 5.74) is 5.27. The fourth-order valence-electron chi connectivity index (χ4n) is 4.14. The van der Waals surface area contributed by atoms with Gasteiger partial charge in [0.15, 0.2) is 0 Å². The van der Waals surface area contributed by atoms with Crippen molar-refractivity contribution in [2.45, 2.75) is 26.3 Å². The molecule has 0 unspecified atom stereocenters. The van der Waals surface area contributed by atoms with Crippen molar-refractivity contribution in [3.05, 3.63) is 83.5 Å². The van der Waals surface area contributed by atoms with Gasteiger partial charge >= 0.3 is 11.8 Å². The molecule has 0 aliphatic carbocycles. The molecular formula is C25H26N6O2. The minimum Gasteiger partial charge on any atom is -0.348 e. The van der Waals surface area contributed by atoms with Crippen LogP contribution in [0.4, 0.5) is 0 Å². The molecule has 0 atom stereocenters. The topological polar surface area (TPSA) is 89.1 Å². The summed E-state index contributed by atoms with van der Waals surface area (Å²) >= 11 is 0. The molecule has 8 heteroatoms. The minimum absolute atomic E-state index is 0.0382. The van der Waals surface area contributed by atoms with Gasteiger partial charge in [0.2, 0.25) is 5.82 Å². The Labute approximate surface area is 192 Å². The number of nitrogens with zero attached hydrogens (tertiary/aromatic N) is 5. The molecule has 1 aliphatic rings. The molecule has 168 valence electrons. The second-order valence-corrected chi connectivity index (χ2v) is 8.24. The normalized spacial score (nSPS) is 13.6. The molecule has 1 N–H and O–H groups in total. The summed E-state index contributed by atoms with van der Waals surface area (Å²) in [5, 5.41) is 11.4. The van der Waals surface area contributed by atoms with E-state index in [1.54, 1.807) is 4.68 Å². The average molecular weight is 443 g/mol. The van der Waals surface area contributed by atoms with Gasteiger partial charge in [-0.15, -0.1) is 0 Å². The number of amides is 1. The first-order chi connectivity index (χ1) is 16.2. The number of nitrogens with one attached hydrogen (secondary N) is 1. The Bertz CT molecular complexity index is 1250. The molecule has 8 nitrogen and oxygen atoms in total. The average Bonchev–Trinajstić information content (AvgIpc) is 3.49. The number of hydrogen-bond acceptors (Lipinski definition) is 6. The molecule has 0 fully saturated rings. The van der Waals surface area contributed by atoms with Gasteiger partial charge in [0.05, 0.1) is 16.9 Å². The van der Waals surface area contributed by atoms with Gasteiger partial charge in [-0.05, 0) is 43.0 Å². The standard InChI is InChI=1S/C25H26N6O2/c1-18-22(17-31(28-18)21-10-3-2-4-11-21)23-27-25(33-29-23)24(32)26-13-7-14-30-15-12-19-8-5-6-9-20(19)16-30/h2-6,8-11,17H,7,12-16H2,1H3,(H,26,32). The highest BCUT2D eigenvalue weighted by atomic mass is 16.5. The molecule has 2 aromatic heterocycles. The fraction of sp³-hybridized carbons (Fsp3) is 0.280. The largest absolute Gasteiger partial charge is 0.348 e. The molecule has 3 heterocycles. The van der Waals surface area contributed by atoms with Gasteiger partial charge in [-0.2, -0.15) is 10.1 Å². The quantitative estimate of drug-likeness (QED) is 0.441. The zero-order chi connectivity index (χ0) is 22.6. The summed E-state index contributed by atoms with van der Waals surface area (Å²) in [6, 6.07) is 18.4. The Morgan fingerprint density at radius 2 is 1.88 bits per heavy atom. The maximum absolute atomic E-state index is 12.5. The summed E-state index contributed by atoms with van der Waals surface area (Å²) in [6.07, 6.45) is 3.78. The lowest BCUT2D eigenvalue weighted by Gasteiger charge is -2.28. The van der Waals surface area contributed by atoms with Gasteiger partial charge in [-0.3, -0.25) is 9.69 Å². The van der Waals surface area contributed by atoms with Crippen molar-refractivity contribution >= 4 is 5.91 Å². The number of hydrogen-bond donors (Lipinski definition) is 1. The Morgan fingerprint density at radius 3 is 2.73 bits per heavy atom. The van der Waals surface area contributed by atoms with E-state index in [0.717, 1.165) is 49.4 Å². The number of fused-ring (bicyclic) bond motifs is 1. The van der Waals surface area contributed by atoms with E-state index in [2.05, 4.69) is 49.7 Å². The Balaban J connectivity index is 1.14.